The molecule has 0 heterocycles. The molecule has 4 aliphatic rings. The third kappa shape index (κ3) is 3.96. The molecule has 0 bridgehead atoms. The highest BCUT2D eigenvalue weighted by molar-refractivity contribution is 5.27. The average molecular weight is 431 g/mol. The van der Waals surface area contributed by atoms with Gasteiger partial charge in [0.25, 0.3) is 0 Å². The number of aliphatic hydroxyl groups excluding tert-OH is 2. The van der Waals surface area contributed by atoms with Crippen molar-refractivity contribution < 1.29 is 10.2 Å². The molecule has 2 heteroatoms. The van der Waals surface area contributed by atoms with Crippen LogP contribution in [0.1, 0.15) is 106 Å². The van der Waals surface area contributed by atoms with E-state index in [1.165, 1.54) is 50.5 Å². The molecule has 4 rings (SSSR count). The highest BCUT2D eigenvalue weighted by atomic mass is 16.3. The fourth-order valence-electron chi connectivity index (χ4n) is 9.29. The van der Waals surface area contributed by atoms with Crippen LogP contribution in [0.25, 0.3) is 0 Å². The standard InChI is InChI=1S/C29H50O2/c1-7-20(18(2)3)9-8-19(4)23-10-11-24-27-25(13-15-29(23,24)6)28(5)14-12-22(30)16-21(28)17-26(27)31/h17-20,22-27,30-31H,7-16H2,1-6H3/t19?,20?,22?,23?,24-,25+,26?,27-,28-,29+/m0/s1. The third-order valence-corrected chi connectivity index (χ3v) is 11.3. The summed E-state index contributed by atoms with van der Waals surface area (Å²) in [6.45, 7) is 14.7. The van der Waals surface area contributed by atoms with Crippen LogP contribution in [0.15, 0.2) is 11.6 Å². The molecule has 0 aromatic rings. The van der Waals surface area contributed by atoms with Gasteiger partial charge >= 0.3 is 0 Å². The van der Waals surface area contributed by atoms with Gasteiger partial charge in [-0.05, 0) is 104 Å². The monoisotopic (exact) mass is 430 g/mol. The van der Waals surface area contributed by atoms with Crippen molar-refractivity contribution in [1.82, 2.24) is 0 Å². The summed E-state index contributed by atoms with van der Waals surface area (Å²) >= 11 is 0. The van der Waals surface area contributed by atoms with E-state index in [2.05, 4.69) is 47.6 Å². The van der Waals surface area contributed by atoms with E-state index in [0.717, 1.165) is 42.9 Å². The van der Waals surface area contributed by atoms with Crippen molar-refractivity contribution in [3.05, 3.63) is 11.6 Å². The summed E-state index contributed by atoms with van der Waals surface area (Å²) in [6, 6.07) is 0. The third-order valence-electron chi connectivity index (χ3n) is 11.3. The van der Waals surface area contributed by atoms with Gasteiger partial charge in [0, 0.05) is 0 Å². The molecule has 0 radical (unpaired) electrons. The smallest absolute Gasteiger partial charge is 0.0757 e. The molecule has 4 aliphatic carbocycles. The van der Waals surface area contributed by atoms with E-state index in [4.69, 9.17) is 0 Å². The Hall–Kier alpha value is -0.340. The molecule has 178 valence electrons. The van der Waals surface area contributed by atoms with Gasteiger partial charge in [0.15, 0.2) is 0 Å². The van der Waals surface area contributed by atoms with Crippen LogP contribution < -0.4 is 0 Å². The summed E-state index contributed by atoms with van der Waals surface area (Å²) in [5.41, 5.74) is 1.97. The van der Waals surface area contributed by atoms with Gasteiger partial charge in [0.05, 0.1) is 12.2 Å². The summed E-state index contributed by atoms with van der Waals surface area (Å²) in [5, 5.41) is 21.6. The molecule has 2 nitrogen and oxygen atoms in total. The maximum Gasteiger partial charge on any atom is 0.0757 e. The number of hydrogen-bond acceptors (Lipinski definition) is 2. The lowest BCUT2D eigenvalue weighted by molar-refractivity contribution is -0.0972. The minimum atomic E-state index is -0.303. The second kappa shape index (κ2) is 8.79. The first-order chi connectivity index (χ1) is 14.6. The Morgan fingerprint density at radius 2 is 1.71 bits per heavy atom. The zero-order chi connectivity index (χ0) is 22.6. The first-order valence-electron chi connectivity index (χ1n) is 13.7. The number of aliphatic hydroxyl groups is 2. The Kier molecular flexibility index (Phi) is 6.75. The predicted octanol–water partition coefficient (Wildman–Crippen LogP) is 7.00. The van der Waals surface area contributed by atoms with Gasteiger partial charge in [-0.25, -0.2) is 0 Å². The molecule has 0 aromatic carbocycles. The SMILES string of the molecule is CCC(CCC(C)C1CC[C@H]2[C@@H]3C(O)C=C4CC(O)CC[C@]4(C)[C@@H]3CC[C@]12C)C(C)C. The Labute approximate surface area is 192 Å². The quantitative estimate of drug-likeness (QED) is 0.446. The fraction of sp³-hybridized carbons (Fsp3) is 0.931. The predicted molar refractivity (Wildman–Crippen MR) is 130 cm³/mol. The first kappa shape index (κ1) is 23.8. The number of hydrogen-bond donors (Lipinski definition) is 2. The molecule has 0 spiro atoms. The fourth-order valence-corrected chi connectivity index (χ4v) is 9.29. The first-order valence-corrected chi connectivity index (χ1v) is 13.7. The summed E-state index contributed by atoms with van der Waals surface area (Å²) in [6.07, 6.45) is 13.9. The summed E-state index contributed by atoms with van der Waals surface area (Å²) in [4.78, 5) is 0. The van der Waals surface area contributed by atoms with Crippen LogP contribution >= 0.6 is 0 Å². The van der Waals surface area contributed by atoms with Gasteiger partial charge in [-0.2, -0.15) is 0 Å². The van der Waals surface area contributed by atoms with E-state index >= 15 is 0 Å². The topological polar surface area (TPSA) is 40.5 Å². The second-order valence-electron chi connectivity index (χ2n) is 13.0. The van der Waals surface area contributed by atoms with Gasteiger partial charge in [-0.3, -0.25) is 0 Å². The van der Waals surface area contributed by atoms with E-state index in [1.807, 2.05) is 0 Å². The molecule has 0 amide bonds. The van der Waals surface area contributed by atoms with E-state index in [1.54, 1.807) is 0 Å². The van der Waals surface area contributed by atoms with E-state index < -0.39 is 0 Å². The molecule has 10 atom stereocenters. The van der Waals surface area contributed by atoms with Crippen molar-refractivity contribution in [1.29, 1.82) is 0 Å². The highest BCUT2D eigenvalue weighted by Crippen LogP contribution is 2.67. The van der Waals surface area contributed by atoms with Crippen molar-refractivity contribution in [2.45, 2.75) is 118 Å². The zero-order valence-electron chi connectivity index (χ0n) is 21.2. The van der Waals surface area contributed by atoms with E-state index in [0.29, 0.717) is 23.2 Å². The summed E-state index contributed by atoms with van der Waals surface area (Å²) in [5.74, 6) is 4.99. The molecule has 0 aromatic heterocycles. The molecule has 3 saturated carbocycles. The molecular weight excluding hydrogens is 380 g/mol. The molecule has 0 aliphatic heterocycles. The minimum absolute atomic E-state index is 0.202. The largest absolute Gasteiger partial charge is 0.393 e. The van der Waals surface area contributed by atoms with Gasteiger partial charge in [0.1, 0.15) is 0 Å². The molecule has 0 saturated heterocycles. The van der Waals surface area contributed by atoms with Crippen molar-refractivity contribution in [3.8, 4) is 0 Å². The van der Waals surface area contributed by atoms with E-state index in [9.17, 15) is 10.2 Å². The Balaban J connectivity index is 1.52. The van der Waals surface area contributed by atoms with Gasteiger partial charge in [-0.1, -0.05) is 66.0 Å². The Bertz CT molecular complexity index is 668. The lowest BCUT2D eigenvalue weighted by Crippen LogP contribution is -2.54. The Morgan fingerprint density at radius 1 is 0.968 bits per heavy atom. The van der Waals surface area contributed by atoms with Crippen LogP contribution in [0.2, 0.25) is 0 Å². The van der Waals surface area contributed by atoms with E-state index in [-0.39, 0.29) is 17.6 Å². The van der Waals surface area contributed by atoms with Crippen LogP contribution in [-0.4, -0.2) is 22.4 Å². The maximum atomic E-state index is 11.3. The highest BCUT2D eigenvalue weighted by Gasteiger charge is 2.61. The average Bonchev–Trinajstić information content (AvgIpc) is 3.06. The lowest BCUT2D eigenvalue weighted by atomic mass is 9.46. The van der Waals surface area contributed by atoms with Gasteiger partial charge < -0.3 is 10.2 Å². The van der Waals surface area contributed by atoms with Crippen LogP contribution in [0.3, 0.4) is 0 Å². The van der Waals surface area contributed by atoms with Crippen molar-refractivity contribution in [2.24, 2.45) is 52.3 Å². The van der Waals surface area contributed by atoms with Crippen LogP contribution in [0.4, 0.5) is 0 Å². The molecule has 5 unspecified atom stereocenters. The van der Waals surface area contributed by atoms with Crippen molar-refractivity contribution >= 4 is 0 Å². The van der Waals surface area contributed by atoms with Crippen LogP contribution in [-0.2, 0) is 0 Å². The van der Waals surface area contributed by atoms with Gasteiger partial charge in [-0.15, -0.1) is 0 Å². The lowest BCUT2D eigenvalue weighted by Gasteiger charge is -2.59. The summed E-state index contributed by atoms with van der Waals surface area (Å²) < 4.78 is 0. The number of rotatable bonds is 6. The molecular formula is C29H50O2. The molecule has 3 fully saturated rings. The molecule has 2 N–H and O–H groups in total. The van der Waals surface area contributed by atoms with Gasteiger partial charge in [0.2, 0.25) is 0 Å². The maximum absolute atomic E-state index is 11.3. The van der Waals surface area contributed by atoms with Crippen LogP contribution in [0, 0.1) is 52.3 Å². The van der Waals surface area contributed by atoms with Crippen LogP contribution in [0.5, 0.6) is 0 Å². The minimum Gasteiger partial charge on any atom is -0.393 e. The second-order valence-corrected chi connectivity index (χ2v) is 13.0. The zero-order valence-corrected chi connectivity index (χ0v) is 21.2. The molecule has 31 heavy (non-hydrogen) atoms. The number of fused-ring (bicyclic) bond motifs is 5. The summed E-state index contributed by atoms with van der Waals surface area (Å²) in [7, 11) is 0. The Morgan fingerprint density at radius 3 is 2.39 bits per heavy atom. The van der Waals surface area contributed by atoms with Crippen molar-refractivity contribution in [2.75, 3.05) is 0 Å². The van der Waals surface area contributed by atoms with Crippen molar-refractivity contribution in [3.63, 3.8) is 0 Å². The normalized spacial score (nSPS) is 46.7.